The summed E-state index contributed by atoms with van der Waals surface area (Å²) in [6, 6.07) is 1.49. The molecule has 1 aliphatic rings. The highest BCUT2D eigenvalue weighted by molar-refractivity contribution is 4.85. The average molecular weight is 226 g/mol. The van der Waals surface area contributed by atoms with E-state index in [1.54, 1.807) is 0 Å². The Hall–Kier alpha value is -0.0800. The van der Waals surface area contributed by atoms with Crippen molar-refractivity contribution in [3.05, 3.63) is 0 Å². The van der Waals surface area contributed by atoms with Gasteiger partial charge in [0.2, 0.25) is 0 Å². The van der Waals surface area contributed by atoms with Crippen LogP contribution >= 0.6 is 0 Å². The number of hydrogen-bond donors (Lipinski definition) is 1. The third-order valence-electron chi connectivity index (χ3n) is 4.45. The number of rotatable bonds is 5. The first-order valence-electron chi connectivity index (χ1n) is 7.07. The maximum absolute atomic E-state index is 3.61. The van der Waals surface area contributed by atoms with Crippen molar-refractivity contribution in [2.45, 2.75) is 59.5 Å². The quantitative estimate of drug-likeness (QED) is 0.775. The van der Waals surface area contributed by atoms with E-state index in [1.165, 1.54) is 25.9 Å². The third-order valence-corrected chi connectivity index (χ3v) is 4.45. The molecule has 1 heterocycles. The van der Waals surface area contributed by atoms with E-state index in [9.17, 15) is 0 Å². The number of likely N-dealkylation sites (tertiary alicyclic amines) is 1. The summed E-state index contributed by atoms with van der Waals surface area (Å²) in [5.74, 6) is 1.61. The van der Waals surface area contributed by atoms with Gasteiger partial charge in [0.15, 0.2) is 0 Å². The van der Waals surface area contributed by atoms with Crippen LogP contribution in [0, 0.1) is 11.8 Å². The standard InChI is InChI=1S/C14H30N2/c1-6-11(3)13(5)16-9-8-14(15-7-2)12(4)10-16/h11-15H,6-10H2,1-5H3. The van der Waals surface area contributed by atoms with E-state index in [0.29, 0.717) is 0 Å². The van der Waals surface area contributed by atoms with Crippen LogP contribution in [0.25, 0.3) is 0 Å². The van der Waals surface area contributed by atoms with Crippen molar-refractivity contribution in [3.8, 4) is 0 Å². The predicted octanol–water partition coefficient (Wildman–Crippen LogP) is 2.74. The highest BCUT2D eigenvalue weighted by Crippen LogP contribution is 2.22. The Bertz CT molecular complexity index is 193. The molecule has 1 saturated heterocycles. The Morgan fingerprint density at radius 2 is 2.00 bits per heavy atom. The zero-order valence-corrected chi connectivity index (χ0v) is 11.8. The third kappa shape index (κ3) is 3.46. The molecule has 0 aromatic rings. The van der Waals surface area contributed by atoms with Crippen molar-refractivity contribution in [3.63, 3.8) is 0 Å². The van der Waals surface area contributed by atoms with E-state index in [-0.39, 0.29) is 0 Å². The molecule has 1 aliphatic heterocycles. The monoisotopic (exact) mass is 226 g/mol. The molecule has 0 aromatic heterocycles. The summed E-state index contributed by atoms with van der Waals surface area (Å²) in [6.45, 7) is 15.3. The first-order valence-corrected chi connectivity index (χ1v) is 7.07. The van der Waals surface area contributed by atoms with Crippen LogP contribution in [0.5, 0.6) is 0 Å². The van der Waals surface area contributed by atoms with Gasteiger partial charge in [-0.15, -0.1) is 0 Å². The molecule has 2 heteroatoms. The molecule has 0 aromatic carbocycles. The molecule has 1 rings (SSSR count). The molecule has 1 fully saturated rings. The summed E-state index contributed by atoms with van der Waals surface area (Å²) in [5, 5.41) is 3.61. The minimum absolute atomic E-state index is 0.741. The van der Waals surface area contributed by atoms with Crippen molar-refractivity contribution in [1.29, 1.82) is 0 Å². The highest BCUT2D eigenvalue weighted by atomic mass is 15.2. The molecular formula is C14H30N2. The van der Waals surface area contributed by atoms with Gasteiger partial charge in [-0.25, -0.2) is 0 Å². The smallest absolute Gasteiger partial charge is 0.0117 e. The molecule has 16 heavy (non-hydrogen) atoms. The average Bonchev–Trinajstić information content (AvgIpc) is 2.30. The molecular weight excluding hydrogens is 196 g/mol. The van der Waals surface area contributed by atoms with Crippen LogP contribution in [0.2, 0.25) is 0 Å². The number of piperidine rings is 1. The molecule has 96 valence electrons. The molecule has 0 saturated carbocycles. The van der Waals surface area contributed by atoms with Gasteiger partial charge >= 0.3 is 0 Å². The van der Waals surface area contributed by atoms with Crippen LogP contribution in [0.1, 0.15) is 47.5 Å². The number of nitrogens with one attached hydrogen (secondary N) is 1. The first kappa shape index (κ1) is 14.0. The van der Waals surface area contributed by atoms with E-state index in [4.69, 9.17) is 0 Å². The van der Waals surface area contributed by atoms with Crippen LogP contribution in [0.3, 0.4) is 0 Å². The summed E-state index contributed by atoms with van der Waals surface area (Å²) in [7, 11) is 0. The molecule has 1 N–H and O–H groups in total. The van der Waals surface area contributed by atoms with E-state index in [2.05, 4.69) is 44.8 Å². The summed E-state index contributed by atoms with van der Waals surface area (Å²) in [5.41, 5.74) is 0. The minimum Gasteiger partial charge on any atom is -0.314 e. The lowest BCUT2D eigenvalue weighted by molar-refractivity contribution is 0.0852. The fourth-order valence-corrected chi connectivity index (χ4v) is 2.81. The maximum atomic E-state index is 3.61. The number of nitrogens with zero attached hydrogens (tertiary/aromatic N) is 1. The van der Waals surface area contributed by atoms with Crippen LogP contribution < -0.4 is 5.32 Å². The summed E-state index contributed by atoms with van der Waals surface area (Å²) < 4.78 is 0. The van der Waals surface area contributed by atoms with Gasteiger partial charge in [-0.1, -0.05) is 34.1 Å². The Balaban J connectivity index is 2.44. The van der Waals surface area contributed by atoms with Gasteiger partial charge in [0.25, 0.3) is 0 Å². The van der Waals surface area contributed by atoms with Crippen LogP contribution in [-0.4, -0.2) is 36.6 Å². The Morgan fingerprint density at radius 1 is 1.31 bits per heavy atom. The van der Waals surface area contributed by atoms with Crippen molar-refractivity contribution in [2.75, 3.05) is 19.6 Å². The van der Waals surface area contributed by atoms with E-state index in [1.807, 2.05) is 0 Å². The molecule has 4 unspecified atom stereocenters. The molecule has 0 spiro atoms. The van der Waals surface area contributed by atoms with Gasteiger partial charge in [0.05, 0.1) is 0 Å². The first-order chi connectivity index (χ1) is 7.60. The predicted molar refractivity (Wildman–Crippen MR) is 71.7 cm³/mol. The second-order valence-corrected chi connectivity index (χ2v) is 5.55. The van der Waals surface area contributed by atoms with E-state index >= 15 is 0 Å². The molecule has 2 nitrogen and oxygen atoms in total. The molecule has 0 bridgehead atoms. The van der Waals surface area contributed by atoms with E-state index < -0.39 is 0 Å². The second kappa shape index (κ2) is 6.61. The van der Waals surface area contributed by atoms with Gasteiger partial charge in [-0.2, -0.15) is 0 Å². The molecule has 4 atom stereocenters. The van der Waals surface area contributed by atoms with Crippen molar-refractivity contribution >= 4 is 0 Å². The zero-order valence-electron chi connectivity index (χ0n) is 11.8. The summed E-state index contributed by atoms with van der Waals surface area (Å²) >= 11 is 0. The lowest BCUT2D eigenvalue weighted by atomic mass is 9.90. The highest BCUT2D eigenvalue weighted by Gasteiger charge is 2.29. The molecule has 0 aliphatic carbocycles. The molecule has 0 amide bonds. The Labute approximate surface area is 102 Å². The fraction of sp³-hybridized carbons (Fsp3) is 1.00. The van der Waals surface area contributed by atoms with Gasteiger partial charge in [0, 0.05) is 18.6 Å². The topological polar surface area (TPSA) is 15.3 Å². The SMILES string of the molecule is CCNC1CCN(C(C)C(C)CC)CC1C. The fourth-order valence-electron chi connectivity index (χ4n) is 2.81. The zero-order chi connectivity index (χ0) is 12.1. The lowest BCUT2D eigenvalue weighted by Gasteiger charge is -2.42. The largest absolute Gasteiger partial charge is 0.314 e. The Kier molecular flexibility index (Phi) is 5.77. The maximum Gasteiger partial charge on any atom is 0.0117 e. The Morgan fingerprint density at radius 3 is 2.50 bits per heavy atom. The van der Waals surface area contributed by atoms with E-state index in [0.717, 1.165) is 30.5 Å². The summed E-state index contributed by atoms with van der Waals surface area (Å²) in [4.78, 5) is 2.69. The van der Waals surface area contributed by atoms with Crippen molar-refractivity contribution < 1.29 is 0 Å². The van der Waals surface area contributed by atoms with Crippen LogP contribution in [-0.2, 0) is 0 Å². The van der Waals surface area contributed by atoms with Crippen molar-refractivity contribution in [1.82, 2.24) is 10.2 Å². The van der Waals surface area contributed by atoms with Gasteiger partial charge < -0.3 is 10.2 Å². The van der Waals surface area contributed by atoms with Crippen LogP contribution in [0.15, 0.2) is 0 Å². The minimum atomic E-state index is 0.741. The number of hydrogen-bond acceptors (Lipinski definition) is 2. The lowest BCUT2D eigenvalue weighted by Crippen LogP contribution is -2.52. The second-order valence-electron chi connectivity index (χ2n) is 5.55. The van der Waals surface area contributed by atoms with Gasteiger partial charge in [0.1, 0.15) is 0 Å². The normalized spacial score (nSPS) is 31.3. The van der Waals surface area contributed by atoms with Crippen LogP contribution in [0.4, 0.5) is 0 Å². The summed E-state index contributed by atoms with van der Waals surface area (Å²) in [6.07, 6.45) is 2.61. The molecule has 0 radical (unpaired) electrons. The van der Waals surface area contributed by atoms with Crippen molar-refractivity contribution in [2.24, 2.45) is 11.8 Å². The van der Waals surface area contributed by atoms with Gasteiger partial charge in [-0.05, 0) is 38.3 Å². The van der Waals surface area contributed by atoms with Gasteiger partial charge in [-0.3, -0.25) is 0 Å².